The van der Waals surface area contributed by atoms with Crippen LogP contribution in [0.25, 0.3) is 0 Å². The van der Waals surface area contributed by atoms with Crippen LogP contribution >= 0.6 is 0 Å². The van der Waals surface area contributed by atoms with E-state index in [0.717, 1.165) is 36.8 Å². The van der Waals surface area contributed by atoms with E-state index in [1.165, 1.54) is 11.1 Å². The molecule has 130 valence electrons. The Hall–Kier alpha value is -1.74. The molecule has 2 N–H and O–H groups in total. The molecular formula is C21H28O3. The van der Waals surface area contributed by atoms with Gasteiger partial charge in [-0.3, -0.25) is 0 Å². The third-order valence-electron chi connectivity index (χ3n) is 5.17. The molecular weight excluding hydrogens is 300 g/mol. The standard InChI is InChI=1S/C21H28O3/c1-4-5-6-7-8-15-11-18(22)20-17-13-21(23,24-19(20)12-15)10-9-16(17)14(2)3/h6-7,11-12,17,22-23H,4-5,8-10,13H2,1-3H3. The molecule has 1 aromatic carbocycles. The molecule has 2 bridgehead atoms. The first-order valence-electron chi connectivity index (χ1n) is 9.02. The van der Waals surface area contributed by atoms with E-state index < -0.39 is 5.79 Å². The van der Waals surface area contributed by atoms with Crippen molar-refractivity contribution in [3.05, 3.63) is 46.6 Å². The number of fused-ring (bicyclic) bond motifs is 4. The molecule has 0 saturated heterocycles. The summed E-state index contributed by atoms with van der Waals surface area (Å²) in [6, 6.07) is 3.83. The highest BCUT2D eigenvalue weighted by molar-refractivity contribution is 5.55. The number of hydrogen-bond acceptors (Lipinski definition) is 3. The van der Waals surface area contributed by atoms with Crippen LogP contribution in [0, 0.1) is 0 Å². The molecule has 3 nitrogen and oxygen atoms in total. The van der Waals surface area contributed by atoms with Crippen LogP contribution in [-0.2, 0) is 6.42 Å². The normalized spacial score (nSPS) is 25.5. The van der Waals surface area contributed by atoms with Crippen LogP contribution < -0.4 is 4.74 Å². The monoisotopic (exact) mass is 328 g/mol. The van der Waals surface area contributed by atoms with E-state index in [2.05, 4.69) is 32.9 Å². The van der Waals surface area contributed by atoms with Crippen LogP contribution in [0.5, 0.6) is 11.5 Å². The summed E-state index contributed by atoms with van der Waals surface area (Å²) in [4.78, 5) is 0. The Morgan fingerprint density at radius 3 is 2.83 bits per heavy atom. The fourth-order valence-corrected chi connectivity index (χ4v) is 3.94. The van der Waals surface area contributed by atoms with E-state index in [-0.39, 0.29) is 5.92 Å². The smallest absolute Gasteiger partial charge is 0.209 e. The largest absolute Gasteiger partial charge is 0.507 e. The van der Waals surface area contributed by atoms with Crippen molar-refractivity contribution < 1.29 is 14.9 Å². The van der Waals surface area contributed by atoms with Crippen molar-refractivity contribution in [2.24, 2.45) is 0 Å². The van der Waals surface area contributed by atoms with Gasteiger partial charge in [0, 0.05) is 24.3 Å². The maximum absolute atomic E-state index is 10.7. The van der Waals surface area contributed by atoms with E-state index in [0.29, 0.717) is 24.3 Å². The zero-order chi connectivity index (χ0) is 17.3. The van der Waals surface area contributed by atoms with Gasteiger partial charge in [0.05, 0.1) is 0 Å². The summed E-state index contributed by atoms with van der Waals surface area (Å²) in [6.07, 6.45) is 9.24. The lowest BCUT2D eigenvalue weighted by molar-refractivity contribution is -0.165. The molecule has 1 aromatic rings. The van der Waals surface area contributed by atoms with Gasteiger partial charge in [0.1, 0.15) is 11.5 Å². The van der Waals surface area contributed by atoms with E-state index in [9.17, 15) is 10.2 Å². The van der Waals surface area contributed by atoms with Crippen molar-refractivity contribution in [1.29, 1.82) is 0 Å². The molecule has 3 rings (SSSR count). The minimum Gasteiger partial charge on any atom is -0.507 e. The van der Waals surface area contributed by atoms with Gasteiger partial charge >= 0.3 is 0 Å². The number of aromatic hydroxyl groups is 1. The van der Waals surface area contributed by atoms with E-state index in [1.54, 1.807) is 0 Å². The molecule has 1 heterocycles. The molecule has 1 aliphatic carbocycles. The van der Waals surface area contributed by atoms with Crippen molar-refractivity contribution >= 4 is 0 Å². The number of unbranched alkanes of at least 4 members (excludes halogenated alkanes) is 1. The molecule has 2 atom stereocenters. The predicted molar refractivity (Wildman–Crippen MR) is 96.4 cm³/mol. The summed E-state index contributed by atoms with van der Waals surface area (Å²) in [5.41, 5.74) is 4.47. The van der Waals surface area contributed by atoms with Crippen LogP contribution in [0.4, 0.5) is 0 Å². The second kappa shape index (κ2) is 6.64. The minimum absolute atomic E-state index is 0.0576. The van der Waals surface area contributed by atoms with Gasteiger partial charge in [0.2, 0.25) is 5.79 Å². The summed E-state index contributed by atoms with van der Waals surface area (Å²) >= 11 is 0. The predicted octanol–water partition coefficient (Wildman–Crippen LogP) is 4.98. The molecule has 0 radical (unpaired) electrons. The van der Waals surface area contributed by atoms with Crippen LogP contribution in [0.3, 0.4) is 0 Å². The number of phenols is 1. The van der Waals surface area contributed by atoms with Gasteiger partial charge in [0.15, 0.2) is 0 Å². The molecule has 0 amide bonds. The van der Waals surface area contributed by atoms with Gasteiger partial charge in [-0.25, -0.2) is 0 Å². The lowest BCUT2D eigenvalue weighted by Crippen LogP contribution is -2.44. The highest BCUT2D eigenvalue weighted by atomic mass is 16.6. The first-order valence-corrected chi connectivity index (χ1v) is 9.02. The SMILES string of the molecule is CCCC=CCc1cc(O)c2c(c1)OC1(O)CCC(=C(C)C)C2C1. The molecule has 1 fully saturated rings. The molecule has 1 saturated carbocycles. The Labute approximate surface area is 144 Å². The van der Waals surface area contributed by atoms with Crippen LogP contribution in [0.2, 0.25) is 0 Å². The second-order valence-corrected chi connectivity index (χ2v) is 7.32. The van der Waals surface area contributed by atoms with Crippen molar-refractivity contribution in [2.45, 2.75) is 71.0 Å². The number of ether oxygens (including phenoxy) is 1. The van der Waals surface area contributed by atoms with Crippen molar-refractivity contribution in [3.63, 3.8) is 0 Å². The summed E-state index contributed by atoms with van der Waals surface area (Å²) in [5.74, 6) is -0.105. The van der Waals surface area contributed by atoms with Crippen molar-refractivity contribution in [3.8, 4) is 11.5 Å². The van der Waals surface area contributed by atoms with Crippen LogP contribution in [-0.4, -0.2) is 16.0 Å². The third-order valence-corrected chi connectivity index (χ3v) is 5.17. The van der Waals surface area contributed by atoms with Gasteiger partial charge < -0.3 is 14.9 Å². The van der Waals surface area contributed by atoms with Crippen LogP contribution in [0.1, 0.15) is 69.9 Å². The number of phenolic OH excluding ortho intramolecular Hbond substituents is 1. The average molecular weight is 328 g/mol. The van der Waals surface area contributed by atoms with Gasteiger partial charge in [-0.15, -0.1) is 0 Å². The fourth-order valence-electron chi connectivity index (χ4n) is 3.94. The summed E-state index contributed by atoms with van der Waals surface area (Å²) in [7, 11) is 0. The maximum atomic E-state index is 10.7. The molecule has 2 aliphatic rings. The highest BCUT2D eigenvalue weighted by Gasteiger charge is 2.46. The number of benzene rings is 1. The molecule has 0 aromatic heterocycles. The molecule has 3 heteroatoms. The average Bonchev–Trinajstić information content (AvgIpc) is 2.50. The maximum Gasteiger partial charge on any atom is 0.209 e. The number of aliphatic hydroxyl groups is 1. The minimum atomic E-state index is -1.10. The van der Waals surface area contributed by atoms with Crippen LogP contribution in [0.15, 0.2) is 35.4 Å². The Morgan fingerprint density at radius 1 is 1.33 bits per heavy atom. The number of hydrogen-bond donors (Lipinski definition) is 2. The Kier molecular flexibility index (Phi) is 4.73. The lowest BCUT2D eigenvalue weighted by atomic mass is 9.73. The Morgan fingerprint density at radius 2 is 2.12 bits per heavy atom. The zero-order valence-corrected chi connectivity index (χ0v) is 14.9. The van der Waals surface area contributed by atoms with Gasteiger partial charge in [-0.2, -0.15) is 0 Å². The zero-order valence-electron chi connectivity index (χ0n) is 14.9. The summed E-state index contributed by atoms with van der Waals surface area (Å²) in [6.45, 7) is 6.38. The number of allylic oxidation sites excluding steroid dienone is 4. The van der Waals surface area contributed by atoms with Gasteiger partial charge in [-0.05, 0) is 50.8 Å². The molecule has 24 heavy (non-hydrogen) atoms. The summed E-state index contributed by atoms with van der Waals surface area (Å²) in [5, 5.41) is 21.4. The fraction of sp³-hybridized carbons (Fsp3) is 0.524. The van der Waals surface area contributed by atoms with Gasteiger partial charge in [0.25, 0.3) is 0 Å². The van der Waals surface area contributed by atoms with Crippen molar-refractivity contribution in [1.82, 2.24) is 0 Å². The molecule has 1 aliphatic heterocycles. The highest BCUT2D eigenvalue weighted by Crippen LogP contribution is 2.54. The summed E-state index contributed by atoms with van der Waals surface area (Å²) < 4.78 is 5.92. The Balaban J connectivity index is 1.97. The van der Waals surface area contributed by atoms with E-state index in [1.807, 2.05) is 12.1 Å². The lowest BCUT2D eigenvalue weighted by Gasteiger charge is -2.44. The number of rotatable bonds is 4. The topological polar surface area (TPSA) is 49.7 Å². The van der Waals surface area contributed by atoms with E-state index in [4.69, 9.17) is 4.74 Å². The van der Waals surface area contributed by atoms with Crippen molar-refractivity contribution in [2.75, 3.05) is 0 Å². The quantitative estimate of drug-likeness (QED) is 0.767. The second-order valence-electron chi connectivity index (χ2n) is 7.32. The first kappa shape index (κ1) is 17.1. The van der Waals surface area contributed by atoms with Gasteiger partial charge in [-0.1, -0.05) is 36.6 Å². The first-order chi connectivity index (χ1) is 11.4. The molecule has 2 unspecified atom stereocenters. The Bertz CT molecular complexity index is 683. The third kappa shape index (κ3) is 3.23. The molecule has 0 spiro atoms. The van der Waals surface area contributed by atoms with E-state index >= 15 is 0 Å².